The van der Waals surface area contributed by atoms with E-state index in [-0.39, 0.29) is 18.0 Å². The number of halogens is 4. The lowest BCUT2D eigenvalue weighted by atomic mass is 10.2. The lowest BCUT2D eigenvalue weighted by Gasteiger charge is -2.33. The van der Waals surface area contributed by atoms with Crippen molar-refractivity contribution in [2.75, 3.05) is 26.2 Å². The molecule has 0 aliphatic carbocycles. The third-order valence-electron chi connectivity index (χ3n) is 4.17. The molecule has 1 aromatic carbocycles. The topological polar surface area (TPSA) is 40.6 Å². The van der Waals surface area contributed by atoms with Crippen LogP contribution in [-0.4, -0.2) is 43.8 Å². The third-order valence-corrected chi connectivity index (χ3v) is 7.26. The Balaban J connectivity index is 1.73. The Kier molecular flexibility index (Phi) is 5.64. The van der Waals surface area contributed by atoms with Gasteiger partial charge in [-0.15, -0.1) is 11.3 Å². The van der Waals surface area contributed by atoms with Gasteiger partial charge in [0.1, 0.15) is 0 Å². The Morgan fingerprint density at radius 1 is 1.12 bits per heavy atom. The zero-order valence-corrected chi connectivity index (χ0v) is 15.9. The SMILES string of the molecule is O=S(=O)(c1ccc(Cl)c(C(F)(F)F)c1)N1CCN(Cc2cccs2)CC1. The highest BCUT2D eigenvalue weighted by Gasteiger charge is 2.36. The normalized spacial score (nSPS) is 17.5. The number of alkyl halides is 3. The summed E-state index contributed by atoms with van der Waals surface area (Å²) < 4.78 is 65.6. The van der Waals surface area contributed by atoms with E-state index in [4.69, 9.17) is 11.6 Å². The molecular weight excluding hydrogens is 409 g/mol. The van der Waals surface area contributed by atoms with E-state index < -0.39 is 26.8 Å². The molecular formula is C16H16ClF3N2O2S2. The van der Waals surface area contributed by atoms with Gasteiger partial charge in [-0.2, -0.15) is 17.5 Å². The predicted molar refractivity (Wildman–Crippen MR) is 94.8 cm³/mol. The van der Waals surface area contributed by atoms with Gasteiger partial charge in [0.05, 0.1) is 15.5 Å². The van der Waals surface area contributed by atoms with Gasteiger partial charge in [-0.05, 0) is 29.6 Å². The summed E-state index contributed by atoms with van der Waals surface area (Å²) in [4.78, 5) is 2.93. The molecule has 0 atom stereocenters. The van der Waals surface area contributed by atoms with E-state index in [1.54, 1.807) is 11.3 Å². The predicted octanol–water partition coefficient (Wildman–Crippen LogP) is 3.93. The minimum Gasteiger partial charge on any atom is -0.296 e. The highest BCUT2D eigenvalue weighted by Crippen LogP contribution is 2.36. The average Bonchev–Trinajstić information content (AvgIpc) is 3.07. The van der Waals surface area contributed by atoms with Gasteiger partial charge in [0, 0.05) is 37.6 Å². The first kappa shape index (κ1) is 19.6. The molecule has 0 N–H and O–H groups in total. The molecule has 10 heteroatoms. The van der Waals surface area contributed by atoms with E-state index in [0.29, 0.717) is 19.2 Å². The lowest BCUT2D eigenvalue weighted by molar-refractivity contribution is -0.137. The maximum atomic E-state index is 13.0. The summed E-state index contributed by atoms with van der Waals surface area (Å²) in [6.07, 6.45) is -4.71. The summed E-state index contributed by atoms with van der Waals surface area (Å²) in [6, 6.07) is 6.67. The van der Waals surface area contributed by atoms with Crippen molar-refractivity contribution in [3.05, 3.63) is 51.2 Å². The minimum absolute atomic E-state index is 0.234. The second-order valence-electron chi connectivity index (χ2n) is 5.90. The van der Waals surface area contributed by atoms with E-state index in [1.165, 1.54) is 9.18 Å². The fraction of sp³-hybridized carbons (Fsp3) is 0.375. The molecule has 1 saturated heterocycles. The molecule has 3 rings (SSSR count). The van der Waals surface area contributed by atoms with Crippen LogP contribution in [0.5, 0.6) is 0 Å². The highest BCUT2D eigenvalue weighted by atomic mass is 35.5. The summed E-state index contributed by atoms with van der Waals surface area (Å²) >= 11 is 7.20. The second kappa shape index (κ2) is 7.47. The van der Waals surface area contributed by atoms with Crippen molar-refractivity contribution in [3.63, 3.8) is 0 Å². The van der Waals surface area contributed by atoms with E-state index in [1.807, 2.05) is 17.5 Å². The molecule has 0 radical (unpaired) electrons. The van der Waals surface area contributed by atoms with Crippen LogP contribution in [-0.2, 0) is 22.7 Å². The molecule has 1 fully saturated rings. The van der Waals surface area contributed by atoms with Crippen LogP contribution in [0.2, 0.25) is 5.02 Å². The fourth-order valence-electron chi connectivity index (χ4n) is 2.78. The number of benzene rings is 1. The molecule has 0 unspecified atom stereocenters. The van der Waals surface area contributed by atoms with E-state index >= 15 is 0 Å². The van der Waals surface area contributed by atoms with Crippen LogP contribution in [0.4, 0.5) is 13.2 Å². The number of sulfonamides is 1. The number of thiophene rings is 1. The summed E-state index contributed by atoms with van der Waals surface area (Å²) in [6.45, 7) is 2.26. The monoisotopic (exact) mass is 424 g/mol. The largest absolute Gasteiger partial charge is 0.417 e. The van der Waals surface area contributed by atoms with E-state index in [9.17, 15) is 21.6 Å². The van der Waals surface area contributed by atoms with E-state index in [2.05, 4.69) is 4.90 Å². The van der Waals surface area contributed by atoms with Crippen LogP contribution in [0.15, 0.2) is 40.6 Å². The molecule has 0 bridgehead atoms. The van der Waals surface area contributed by atoms with Crippen LogP contribution in [0.3, 0.4) is 0 Å². The fourth-order valence-corrected chi connectivity index (χ4v) is 5.20. The first-order valence-corrected chi connectivity index (χ1v) is 10.5. The van der Waals surface area contributed by atoms with Crippen LogP contribution < -0.4 is 0 Å². The van der Waals surface area contributed by atoms with Crippen molar-refractivity contribution < 1.29 is 21.6 Å². The molecule has 2 heterocycles. The molecule has 0 saturated carbocycles. The highest BCUT2D eigenvalue weighted by molar-refractivity contribution is 7.89. The Labute approximate surface area is 158 Å². The number of rotatable bonds is 4. The van der Waals surface area contributed by atoms with Crippen molar-refractivity contribution in [1.29, 1.82) is 0 Å². The lowest BCUT2D eigenvalue weighted by Crippen LogP contribution is -2.48. The van der Waals surface area contributed by atoms with E-state index in [0.717, 1.165) is 18.7 Å². The number of hydrogen-bond acceptors (Lipinski definition) is 4. The summed E-state index contributed by atoms with van der Waals surface area (Å²) in [7, 11) is -4.00. The van der Waals surface area contributed by atoms with Gasteiger partial charge in [-0.25, -0.2) is 8.42 Å². The first-order valence-electron chi connectivity index (χ1n) is 7.79. The number of piperazine rings is 1. The smallest absolute Gasteiger partial charge is 0.296 e. The summed E-state index contributed by atoms with van der Waals surface area (Å²) in [5.74, 6) is 0. The molecule has 2 aromatic rings. The van der Waals surface area contributed by atoms with Crippen molar-refractivity contribution in [1.82, 2.24) is 9.21 Å². The minimum atomic E-state index is -4.71. The van der Waals surface area contributed by atoms with Gasteiger partial charge in [-0.3, -0.25) is 4.90 Å². The molecule has 4 nitrogen and oxygen atoms in total. The van der Waals surface area contributed by atoms with Crippen LogP contribution >= 0.6 is 22.9 Å². The number of nitrogens with zero attached hydrogens (tertiary/aromatic N) is 2. The quantitative estimate of drug-likeness (QED) is 0.746. The zero-order chi connectivity index (χ0) is 18.9. The molecule has 1 aromatic heterocycles. The van der Waals surface area contributed by atoms with Gasteiger partial charge in [0.2, 0.25) is 10.0 Å². The Morgan fingerprint density at radius 3 is 2.38 bits per heavy atom. The Bertz CT molecular complexity index is 862. The second-order valence-corrected chi connectivity index (χ2v) is 9.28. The maximum absolute atomic E-state index is 13.0. The van der Waals surface area contributed by atoms with Gasteiger partial charge in [0.25, 0.3) is 0 Å². The van der Waals surface area contributed by atoms with Gasteiger partial charge >= 0.3 is 6.18 Å². The standard InChI is InChI=1S/C16H16ClF3N2O2S2/c17-15-4-3-13(10-14(15)16(18,19)20)26(23,24)22-7-5-21(6-8-22)11-12-2-1-9-25-12/h1-4,9-10H,5-8,11H2. The summed E-state index contributed by atoms with van der Waals surface area (Å²) in [5.41, 5.74) is -1.14. The van der Waals surface area contributed by atoms with Crippen molar-refractivity contribution in [2.24, 2.45) is 0 Å². The summed E-state index contributed by atoms with van der Waals surface area (Å²) in [5, 5.41) is 1.46. The first-order chi connectivity index (χ1) is 12.2. The van der Waals surface area contributed by atoms with Gasteiger partial charge in [0.15, 0.2) is 0 Å². The third kappa shape index (κ3) is 4.23. The Morgan fingerprint density at radius 2 is 1.81 bits per heavy atom. The van der Waals surface area contributed by atoms with Gasteiger partial charge in [-0.1, -0.05) is 17.7 Å². The van der Waals surface area contributed by atoms with Crippen LogP contribution in [0.25, 0.3) is 0 Å². The molecule has 0 amide bonds. The van der Waals surface area contributed by atoms with Crippen LogP contribution in [0, 0.1) is 0 Å². The average molecular weight is 425 g/mol. The van der Waals surface area contributed by atoms with Crippen LogP contribution in [0.1, 0.15) is 10.4 Å². The molecule has 1 aliphatic heterocycles. The molecule has 0 spiro atoms. The molecule has 142 valence electrons. The molecule has 26 heavy (non-hydrogen) atoms. The Hall–Kier alpha value is -1.13. The number of hydrogen-bond donors (Lipinski definition) is 0. The van der Waals surface area contributed by atoms with Gasteiger partial charge < -0.3 is 0 Å². The maximum Gasteiger partial charge on any atom is 0.417 e. The molecule has 1 aliphatic rings. The van der Waals surface area contributed by atoms with Crippen molar-refractivity contribution >= 4 is 33.0 Å². The van der Waals surface area contributed by atoms with Crippen molar-refractivity contribution in [3.8, 4) is 0 Å². The zero-order valence-electron chi connectivity index (χ0n) is 13.5. The van der Waals surface area contributed by atoms with Crippen molar-refractivity contribution in [2.45, 2.75) is 17.6 Å².